The van der Waals surface area contributed by atoms with Crippen LogP contribution in [0.1, 0.15) is 56.8 Å². The minimum Gasteiger partial charge on any atom is -0.497 e. The number of hydrogen-bond donors (Lipinski definition) is 4. The molecule has 5 N–H and O–H groups in total. The summed E-state index contributed by atoms with van der Waals surface area (Å²) in [5.74, 6) is -0.562. The van der Waals surface area contributed by atoms with Crippen molar-refractivity contribution in [2.45, 2.75) is 64.1 Å². The van der Waals surface area contributed by atoms with Crippen molar-refractivity contribution in [3.8, 4) is 11.5 Å². The van der Waals surface area contributed by atoms with E-state index >= 15 is 4.39 Å². The molecule has 36 heavy (non-hydrogen) atoms. The molecule has 2 aromatic rings. The van der Waals surface area contributed by atoms with Gasteiger partial charge in [0.1, 0.15) is 22.9 Å². The number of amides is 2. The molecule has 1 saturated carbocycles. The highest BCUT2D eigenvalue weighted by Gasteiger charge is 2.30. The van der Waals surface area contributed by atoms with Gasteiger partial charge in [-0.25, -0.2) is 14.2 Å². The lowest BCUT2D eigenvalue weighted by molar-refractivity contribution is 0.0488. The van der Waals surface area contributed by atoms with Crippen LogP contribution in [0.25, 0.3) is 0 Å². The SMILES string of the molecule is COc1cc(Nc2nc(N[C@@H]3CCCC[C@@H]3NC(=O)OC(C)(C)C)c(F)cc2C(N)=O)cc(OC)c1. The fourth-order valence-electron chi connectivity index (χ4n) is 4.00. The number of ether oxygens (including phenoxy) is 3. The first-order chi connectivity index (χ1) is 17.0. The Morgan fingerprint density at radius 3 is 2.17 bits per heavy atom. The lowest BCUT2D eigenvalue weighted by Crippen LogP contribution is -2.50. The van der Waals surface area contributed by atoms with Gasteiger partial charge in [-0.2, -0.15) is 0 Å². The molecule has 3 rings (SSSR count). The van der Waals surface area contributed by atoms with E-state index in [2.05, 4.69) is 20.9 Å². The van der Waals surface area contributed by atoms with Crippen LogP contribution >= 0.6 is 0 Å². The molecular weight excluding hydrogens is 469 g/mol. The molecular formula is C25H34FN5O5. The Morgan fingerprint density at radius 2 is 1.61 bits per heavy atom. The van der Waals surface area contributed by atoms with Crippen LogP contribution in [0.4, 0.5) is 26.5 Å². The molecule has 1 fully saturated rings. The largest absolute Gasteiger partial charge is 0.497 e. The van der Waals surface area contributed by atoms with Gasteiger partial charge >= 0.3 is 6.09 Å². The van der Waals surface area contributed by atoms with Gasteiger partial charge in [0.05, 0.1) is 25.8 Å². The molecule has 0 unspecified atom stereocenters. The number of benzene rings is 1. The van der Waals surface area contributed by atoms with Gasteiger partial charge in [0.15, 0.2) is 11.6 Å². The summed E-state index contributed by atoms with van der Waals surface area (Å²) >= 11 is 0. The second-order valence-electron chi connectivity index (χ2n) is 9.59. The van der Waals surface area contributed by atoms with Crippen LogP contribution in [-0.2, 0) is 4.74 Å². The fourth-order valence-corrected chi connectivity index (χ4v) is 4.00. The molecule has 1 aliphatic carbocycles. The molecule has 10 nitrogen and oxygen atoms in total. The fraction of sp³-hybridized carbons (Fsp3) is 0.480. The number of primary amides is 1. The number of hydrogen-bond acceptors (Lipinski definition) is 8. The summed E-state index contributed by atoms with van der Waals surface area (Å²) in [5, 5.41) is 9.00. The zero-order chi connectivity index (χ0) is 26.5. The van der Waals surface area contributed by atoms with E-state index in [4.69, 9.17) is 19.9 Å². The summed E-state index contributed by atoms with van der Waals surface area (Å²) in [6.07, 6.45) is 2.68. The van der Waals surface area contributed by atoms with Crippen LogP contribution in [-0.4, -0.2) is 48.9 Å². The Hall–Kier alpha value is -3.76. The van der Waals surface area contributed by atoms with Crippen molar-refractivity contribution in [1.29, 1.82) is 0 Å². The minimum atomic E-state index is -0.840. The number of aromatic nitrogens is 1. The summed E-state index contributed by atoms with van der Waals surface area (Å²) in [6, 6.07) is 5.49. The van der Waals surface area contributed by atoms with E-state index in [1.165, 1.54) is 14.2 Å². The molecule has 2 amide bonds. The minimum absolute atomic E-state index is 0.0640. The lowest BCUT2D eigenvalue weighted by atomic mass is 9.90. The molecule has 0 saturated heterocycles. The normalized spacial score (nSPS) is 17.6. The average molecular weight is 504 g/mol. The summed E-state index contributed by atoms with van der Waals surface area (Å²) < 4.78 is 31.0. The Labute approximate surface area is 210 Å². The molecule has 0 aliphatic heterocycles. The number of rotatable bonds is 8. The van der Waals surface area contributed by atoms with Crippen LogP contribution in [0, 0.1) is 5.82 Å². The van der Waals surface area contributed by atoms with Gasteiger partial charge in [-0.05, 0) is 39.7 Å². The number of methoxy groups -OCH3 is 2. The molecule has 2 atom stereocenters. The number of anilines is 3. The maximum absolute atomic E-state index is 15.0. The van der Waals surface area contributed by atoms with E-state index < -0.39 is 23.4 Å². The average Bonchev–Trinajstić information content (AvgIpc) is 2.80. The van der Waals surface area contributed by atoms with E-state index in [9.17, 15) is 9.59 Å². The van der Waals surface area contributed by atoms with Crippen LogP contribution in [0.3, 0.4) is 0 Å². The summed E-state index contributed by atoms with van der Waals surface area (Å²) in [5.41, 5.74) is 5.24. The monoisotopic (exact) mass is 503 g/mol. The van der Waals surface area contributed by atoms with E-state index in [1.807, 2.05) is 0 Å². The standard InChI is InChI=1S/C25H34FN5O5/c1-25(2,3)36-24(33)30-20-9-7-6-8-19(20)29-23-18(26)13-17(21(27)32)22(31-23)28-14-10-15(34-4)12-16(11-14)35-5/h10-13,19-20H,6-9H2,1-5H3,(H2,27,32)(H,30,33)(H2,28,29,31)/t19-,20+/m1/s1. The van der Waals surface area contributed by atoms with Gasteiger partial charge < -0.3 is 35.9 Å². The molecule has 0 radical (unpaired) electrons. The molecule has 0 bridgehead atoms. The van der Waals surface area contributed by atoms with E-state index in [0.717, 1.165) is 18.9 Å². The number of nitrogens with zero attached hydrogens (tertiary/aromatic N) is 1. The Balaban J connectivity index is 1.88. The quantitative estimate of drug-likeness (QED) is 0.418. The second-order valence-corrected chi connectivity index (χ2v) is 9.59. The van der Waals surface area contributed by atoms with Crippen LogP contribution in [0.5, 0.6) is 11.5 Å². The molecule has 1 aliphatic rings. The van der Waals surface area contributed by atoms with E-state index in [-0.39, 0.29) is 29.3 Å². The molecule has 1 aromatic carbocycles. The number of halogens is 1. The molecule has 1 aromatic heterocycles. The highest BCUT2D eigenvalue weighted by molar-refractivity contribution is 5.98. The molecule has 0 spiro atoms. The van der Waals surface area contributed by atoms with E-state index in [1.54, 1.807) is 39.0 Å². The van der Waals surface area contributed by atoms with Gasteiger partial charge in [-0.3, -0.25) is 4.79 Å². The topological polar surface area (TPSA) is 137 Å². The Morgan fingerprint density at radius 1 is 1.00 bits per heavy atom. The third kappa shape index (κ3) is 7.12. The van der Waals surface area contributed by atoms with Crippen molar-refractivity contribution in [3.63, 3.8) is 0 Å². The van der Waals surface area contributed by atoms with Gasteiger partial charge in [0.2, 0.25) is 0 Å². The number of carbonyl (C=O) groups excluding carboxylic acids is 2. The first-order valence-electron chi connectivity index (χ1n) is 11.8. The molecule has 196 valence electrons. The first kappa shape index (κ1) is 26.8. The zero-order valence-electron chi connectivity index (χ0n) is 21.2. The third-order valence-electron chi connectivity index (χ3n) is 5.65. The maximum atomic E-state index is 15.0. The van der Waals surface area contributed by atoms with Gasteiger partial charge in [0.25, 0.3) is 5.91 Å². The summed E-state index contributed by atoms with van der Waals surface area (Å²) in [4.78, 5) is 28.7. The summed E-state index contributed by atoms with van der Waals surface area (Å²) in [7, 11) is 3.02. The zero-order valence-corrected chi connectivity index (χ0v) is 21.2. The molecule has 1 heterocycles. The van der Waals surface area contributed by atoms with Crippen molar-refractivity contribution in [3.05, 3.63) is 35.6 Å². The van der Waals surface area contributed by atoms with Crippen molar-refractivity contribution in [1.82, 2.24) is 10.3 Å². The van der Waals surface area contributed by atoms with Crippen molar-refractivity contribution in [2.24, 2.45) is 5.73 Å². The summed E-state index contributed by atoms with van der Waals surface area (Å²) in [6.45, 7) is 5.36. The number of nitrogens with one attached hydrogen (secondary N) is 3. The number of pyridine rings is 1. The van der Waals surface area contributed by atoms with Crippen LogP contribution < -0.4 is 31.2 Å². The third-order valence-corrected chi connectivity index (χ3v) is 5.65. The van der Waals surface area contributed by atoms with Crippen molar-refractivity contribution in [2.75, 3.05) is 24.9 Å². The first-order valence-corrected chi connectivity index (χ1v) is 11.8. The number of alkyl carbamates (subject to hydrolysis) is 1. The van der Waals surface area contributed by atoms with Gasteiger partial charge in [-0.1, -0.05) is 12.8 Å². The lowest BCUT2D eigenvalue weighted by Gasteiger charge is -2.34. The smallest absolute Gasteiger partial charge is 0.407 e. The van der Waals surface area contributed by atoms with Gasteiger partial charge in [-0.15, -0.1) is 0 Å². The number of nitrogens with two attached hydrogens (primary N) is 1. The Bertz CT molecular complexity index is 1080. The highest BCUT2D eigenvalue weighted by atomic mass is 19.1. The van der Waals surface area contributed by atoms with Crippen molar-refractivity contribution >= 4 is 29.3 Å². The van der Waals surface area contributed by atoms with Gasteiger partial charge in [0, 0.05) is 29.9 Å². The van der Waals surface area contributed by atoms with E-state index in [0.29, 0.717) is 30.0 Å². The highest BCUT2D eigenvalue weighted by Crippen LogP contribution is 2.31. The van der Waals surface area contributed by atoms with Crippen LogP contribution in [0.2, 0.25) is 0 Å². The van der Waals surface area contributed by atoms with Crippen molar-refractivity contribution < 1.29 is 28.2 Å². The van der Waals surface area contributed by atoms with Crippen LogP contribution in [0.15, 0.2) is 24.3 Å². The number of carbonyl (C=O) groups is 2. The predicted octanol–water partition coefficient (Wildman–Crippen LogP) is 4.33. The predicted molar refractivity (Wildman–Crippen MR) is 135 cm³/mol. The molecule has 11 heteroatoms. The maximum Gasteiger partial charge on any atom is 0.407 e. The second kappa shape index (κ2) is 11.3. The Kier molecular flexibility index (Phi) is 8.44.